The highest BCUT2D eigenvalue weighted by molar-refractivity contribution is 5.88. The molecular weight excluding hydrogens is 859 g/mol. The fourth-order valence-corrected chi connectivity index (χ4v) is 8.76. The third-order valence-electron chi connectivity index (χ3n) is 12.4. The minimum absolute atomic E-state index is 0.136. The number of likely N-dealkylation sites (tertiary alicyclic amines) is 1. The highest BCUT2D eigenvalue weighted by Crippen LogP contribution is 2.35. The van der Waals surface area contributed by atoms with Crippen molar-refractivity contribution >= 4 is 41.1 Å². The number of piperazine rings is 1. The number of aromatic amines is 2. The molecule has 67 heavy (non-hydrogen) atoms. The van der Waals surface area contributed by atoms with Gasteiger partial charge in [-0.15, -0.1) is 0 Å². The molecule has 3 fully saturated rings. The molecule has 5 heterocycles. The summed E-state index contributed by atoms with van der Waals surface area (Å²) in [5, 5.41) is 5.51. The Hall–Kier alpha value is -7.39. The van der Waals surface area contributed by atoms with Crippen LogP contribution >= 0.6 is 0 Å². The normalized spacial score (nSPS) is 18.4. The van der Waals surface area contributed by atoms with E-state index >= 15 is 0 Å². The lowest BCUT2D eigenvalue weighted by Crippen LogP contribution is -2.58. The maximum Gasteiger partial charge on any atom is 0.409 e. The van der Waals surface area contributed by atoms with E-state index in [1.807, 2.05) is 86.6 Å². The van der Waals surface area contributed by atoms with Crippen LogP contribution in [0.1, 0.15) is 86.0 Å². The zero-order valence-electron chi connectivity index (χ0n) is 38.0. The van der Waals surface area contributed by atoms with Gasteiger partial charge >= 0.3 is 18.3 Å². The van der Waals surface area contributed by atoms with Crippen LogP contribution in [-0.2, 0) is 28.5 Å². The first-order valence-electron chi connectivity index (χ1n) is 22.5. The zero-order chi connectivity index (χ0) is 47.0. The number of carbonyl (C=O) groups excluding carboxylic acids is 5. The summed E-state index contributed by atoms with van der Waals surface area (Å²) >= 11 is 0. The Morgan fingerprint density at radius 2 is 1.51 bits per heavy atom. The summed E-state index contributed by atoms with van der Waals surface area (Å²) in [5.41, 5.74) is 5.29. The van der Waals surface area contributed by atoms with Gasteiger partial charge in [0.15, 0.2) is 0 Å². The number of rotatable bonds is 10. The molecule has 4 atom stereocenters. The van der Waals surface area contributed by atoms with Crippen molar-refractivity contribution in [2.24, 2.45) is 5.92 Å². The van der Waals surface area contributed by atoms with Gasteiger partial charge < -0.3 is 54.2 Å². The van der Waals surface area contributed by atoms with Crippen molar-refractivity contribution in [1.29, 1.82) is 0 Å². The average molecular weight is 914 g/mol. The van der Waals surface area contributed by atoms with E-state index in [0.717, 1.165) is 34.1 Å². The van der Waals surface area contributed by atoms with E-state index in [9.17, 15) is 24.0 Å². The summed E-state index contributed by atoms with van der Waals surface area (Å²) in [7, 11) is 2.55. The van der Waals surface area contributed by atoms with E-state index < -0.39 is 36.4 Å². The number of ether oxygens (including phenoxy) is 4. The Labute approximate surface area is 388 Å². The van der Waals surface area contributed by atoms with Crippen LogP contribution in [0.3, 0.4) is 0 Å². The molecule has 3 aromatic carbocycles. The number of fused-ring (bicyclic) bond motifs is 1. The number of alkyl carbamates (subject to hydrolysis) is 2. The van der Waals surface area contributed by atoms with Crippen molar-refractivity contribution < 1.29 is 42.9 Å². The quantitative estimate of drug-likeness (QED) is 0.0943. The Bertz CT molecular complexity index is 2630. The van der Waals surface area contributed by atoms with Crippen LogP contribution in [0.4, 0.5) is 14.4 Å². The predicted octanol–water partition coefficient (Wildman–Crippen LogP) is 6.00. The van der Waals surface area contributed by atoms with Gasteiger partial charge in [0.1, 0.15) is 35.9 Å². The minimum Gasteiger partial charge on any atom is -0.453 e. The highest BCUT2D eigenvalue weighted by atomic mass is 16.6. The molecular formula is C49H55N9O9. The van der Waals surface area contributed by atoms with Crippen LogP contribution in [0.25, 0.3) is 22.3 Å². The molecule has 0 saturated carbocycles. The third-order valence-corrected chi connectivity index (χ3v) is 12.4. The Balaban J connectivity index is 0.949. The van der Waals surface area contributed by atoms with E-state index in [0.29, 0.717) is 61.9 Å². The van der Waals surface area contributed by atoms with E-state index in [4.69, 9.17) is 23.9 Å². The van der Waals surface area contributed by atoms with Crippen molar-refractivity contribution in [1.82, 2.24) is 45.3 Å². The summed E-state index contributed by atoms with van der Waals surface area (Å²) in [6.07, 6.45) is 2.29. The number of methoxy groups -OCH3 is 2. The van der Waals surface area contributed by atoms with Crippen molar-refractivity contribution in [2.45, 2.75) is 69.8 Å². The van der Waals surface area contributed by atoms with Gasteiger partial charge in [-0.05, 0) is 60.2 Å². The molecule has 3 saturated heterocycles. The number of benzene rings is 3. The maximum absolute atomic E-state index is 14.3. The van der Waals surface area contributed by atoms with E-state index in [-0.39, 0.29) is 49.5 Å². The molecule has 5 amide bonds. The summed E-state index contributed by atoms with van der Waals surface area (Å²) in [6.45, 7) is 5.83. The number of aromatic nitrogens is 4. The van der Waals surface area contributed by atoms with Gasteiger partial charge in [0.25, 0.3) is 5.91 Å². The first-order chi connectivity index (χ1) is 32.5. The van der Waals surface area contributed by atoms with Crippen LogP contribution in [0, 0.1) is 17.8 Å². The molecule has 0 aliphatic carbocycles. The van der Waals surface area contributed by atoms with Gasteiger partial charge in [0, 0.05) is 43.6 Å². The molecule has 4 N–H and O–H groups in total. The molecule has 2 aromatic heterocycles. The number of amides is 5. The van der Waals surface area contributed by atoms with Gasteiger partial charge in [-0.1, -0.05) is 68.2 Å². The second kappa shape index (κ2) is 20.8. The van der Waals surface area contributed by atoms with Crippen LogP contribution in [0.15, 0.2) is 79.0 Å². The fourth-order valence-electron chi connectivity index (χ4n) is 8.76. The molecule has 0 spiro atoms. The molecule has 0 bridgehead atoms. The van der Waals surface area contributed by atoms with Crippen molar-refractivity contribution in [3.8, 4) is 23.1 Å². The van der Waals surface area contributed by atoms with Gasteiger partial charge in [0.05, 0.1) is 62.9 Å². The van der Waals surface area contributed by atoms with Gasteiger partial charge in [0.2, 0.25) is 5.91 Å². The lowest BCUT2D eigenvalue weighted by molar-refractivity contribution is -0.139. The van der Waals surface area contributed by atoms with Crippen molar-refractivity contribution in [3.05, 3.63) is 107 Å². The number of imidazole rings is 2. The highest BCUT2D eigenvalue weighted by Gasteiger charge is 2.40. The Morgan fingerprint density at radius 3 is 2.24 bits per heavy atom. The van der Waals surface area contributed by atoms with E-state index in [2.05, 4.69) is 37.4 Å². The molecule has 350 valence electrons. The van der Waals surface area contributed by atoms with E-state index in [1.165, 1.54) is 19.1 Å². The molecule has 0 radical (unpaired) electrons. The Morgan fingerprint density at radius 1 is 0.776 bits per heavy atom. The number of H-pyrrole nitrogens is 2. The number of carbonyl (C=O) groups is 5. The summed E-state index contributed by atoms with van der Waals surface area (Å²) in [5.74, 6) is 6.86. The topological polar surface area (TPSA) is 213 Å². The molecule has 18 nitrogen and oxygen atoms in total. The van der Waals surface area contributed by atoms with Gasteiger partial charge in [-0.2, -0.15) is 0 Å². The second-order valence-electron chi connectivity index (χ2n) is 17.1. The van der Waals surface area contributed by atoms with E-state index in [1.54, 1.807) is 16.0 Å². The number of nitrogens with one attached hydrogen (secondary N) is 4. The lowest BCUT2D eigenvalue weighted by Gasteiger charge is -2.41. The predicted molar refractivity (Wildman–Crippen MR) is 245 cm³/mol. The first kappa shape index (κ1) is 46.2. The van der Waals surface area contributed by atoms with Crippen LogP contribution < -0.4 is 10.6 Å². The maximum atomic E-state index is 14.3. The zero-order valence-corrected chi connectivity index (χ0v) is 38.0. The Kier molecular flexibility index (Phi) is 14.4. The molecule has 18 heteroatoms. The SMILES string of the molecule is COC(=O)N[C@H](C(=O)N1CCN(C(=O)OC)C[C@H]1c1ncc(-c2ccc(C#Cc3ccc4nc([C@@H]5CCCN5C(=O)[C@H](NC(=O)OC5CCOCC5)c5ccccc5)[nH]c4c3)cc2)[nH]1)C(C)C. The van der Waals surface area contributed by atoms with Crippen LogP contribution in [0.5, 0.6) is 0 Å². The second-order valence-corrected chi connectivity index (χ2v) is 17.1. The summed E-state index contributed by atoms with van der Waals surface area (Å²) in [6, 6.07) is 19.9. The number of nitrogens with zero attached hydrogens (tertiary/aromatic N) is 5. The molecule has 3 aliphatic rings. The summed E-state index contributed by atoms with van der Waals surface area (Å²) < 4.78 is 20.8. The van der Waals surface area contributed by atoms with Gasteiger partial charge in [-0.25, -0.2) is 24.4 Å². The molecule has 3 aliphatic heterocycles. The monoisotopic (exact) mass is 913 g/mol. The first-order valence-corrected chi connectivity index (χ1v) is 22.5. The molecule has 8 rings (SSSR count). The van der Waals surface area contributed by atoms with Crippen LogP contribution in [0.2, 0.25) is 0 Å². The van der Waals surface area contributed by atoms with Crippen molar-refractivity contribution in [3.63, 3.8) is 0 Å². The third kappa shape index (κ3) is 10.7. The summed E-state index contributed by atoms with van der Waals surface area (Å²) in [4.78, 5) is 87.3. The molecule has 0 unspecified atom stereocenters. The van der Waals surface area contributed by atoms with Crippen LogP contribution in [-0.4, -0.2) is 130 Å². The van der Waals surface area contributed by atoms with Crippen molar-refractivity contribution in [2.75, 3.05) is 53.6 Å². The minimum atomic E-state index is -0.932. The fraction of sp³-hybridized carbons (Fsp3) is 0.408. The lowest BCUT2D eigenvalue weighted by atomic mass is 10.0. The number of hydrogen-bond donors (Lipinski definition) is 4. The largest absolute Gasteiger partial charge is 0.453 e. The van der Waals surface area contributed by atoms with Gasteiger partial charge in [-0.3, -0.25) is 9.59 Å². The smallest absolute Gasteiger partial charge is 0.409 e. The average Bonchev–Trinajstić information content (AvgIpc) is 4.15. The standard InChI is InChI=1S/C49H55N9O9/c1-30(2)41(54-47(61)64-3)45(59)58-24-23-56(49(63)65-4)29-40(58)43-50-28-38(53-43)33-17-14-31(15-18-33)12-13-32-16-19-36-37(27-32)52-44(51-36)39-11-8-22-57(39)46(60)42(34-9-6-5-7-10-34)55-48(62)67-35-20-25-66-26-21-35/h5-7,9-10,14-19,27-28,30,35,39-42H,8,11,20-26,29H2,1-4H3,(H,50,53)(H,51,52)(H,54,61)(H,55,62)/t39-,40-,41-,42+/m0/s1. The molecule has 5 aromatic rings. The number of hydrogen-bond acceptors (Lipinski definition) is 11.